The molecule has 0 heterocycles. The van der Waals surface area contributed by atoms with E-state index in [1.54, 1.807) is 6.08 Å². The fourth-order valence-electron chi connectivity index (χ4n) is 0.543. The van der Waals surface area contributed by atoms with Gasteiger partial charge in [-0.05, 0) is 12.0 Å². The highest BCUT2D eigenvalue weighted by molar-refractivity contribution is 4.88. The van der Waals surface area contributed by atoms with E-state index in [4.69, 9.17) is 0 Å². The first-order valence-electron chi connectivity index (χ1n) is 4.37. The topological polar surface area (TPSA) is 43.1 Å². The molecule has 3 nitrogen and oxygen atoms in total. The van der Waals surface area contributed by atoms with Crippen LogP contribution >= 0.6 is 0 Å². The monoisotopic (exact) mass is 187 g/mol. The van der Waals surface area contributed by atoms with Crippen molar-refractivity contribution in [2.45, 2.75) is 34.6 Å². The van der Waals surface area contributed by atoms with E-state index in [1.165, 1.54) is 6.92 Å². The van der Waals surface area contributed by atoms with Gasteiger partial charge in [-0.3, -0.25) is 10.1 Å². The first-order valence-corrected chi connectivity index (χ1v) is 4.37. The number of rotatable bonds is 2. The Bertz CT molecular complexity index is 151. The van der Waals surface area contributed by atoms with E-state index in [1.807, 2.05) is 27.7 Å². The summed E-state index contributed by atoms with van der Waals surface area (Å²) in [5.74, 6) is 0.260. The lowest BCUT2D eigenvalue weighted by atomic mass is 10.2. The Morgan fingerprint density at radius 2 is 1.69 bits per heavy atom. The Labute approximate surface area is 81.3 Å². The second-order valence-electron chi connectivity index (χ2n) is 2.31. The minimum Gasteiger partial charge on any atom is -0.259 e. The van der Waals surface area contributed by atoms with Gasteiger partial charge in [0.05, 0.1) is 4.92 Å². The van der Waals surface area contributed by atoms with Gasteiger partial charge in [-0.25, -0.2) is 0 Å². The molecule has 0 atom stereocenters. The number of nitro groups is 1. The highest BCUT2D eigenvalue weighted by Gasteiger charge is 2.00. The van der Waals surface area contributed by atoms with Crippen molar-refractivity contribution in [3.05, 3.63) is 35.0 Å². The molecular formula is C10H21NO2. The first kappa shape index (κ1) is 17.8. The minimum atomic E-state index is -0.375. The number of allylic oxidation sites excluding steroid dienone is 2. The van der Waals surface area contributed by atoms with Crippen LogP contribution < -0.4 is 0 Å². The molecule has 0 radical (unpaired) electrons. The maximum Gasteiger partial charge on any atom is 0.239 e. The van der Waals surface area contributed by atoms with Crippen LogP contribution in [0.15, 0.2) is 24.9 Å². The van der Waals surface area contributed by atoms with Gasteiger partial charge in [0.25, 0.3) is 0 Å². The largest absolute Gasteiger partial charge is 0.259 e. The predicted molar refractivity (Wildman–Crippen MR) is 58.2 cm³/mol. The molecule has 0 aromatic rings. The number of hydrogen-bond acceptors (Lipinski definition) is 2. The average Bonchev–Trinajstić information content (AvgIpc) is 2.10. The summed E-state index contributed by atoms with van der Waals surface area (Å²) in [6.07, 6.45) is 1.62. The molecule has 0 unspecified atom stereocenters. The third kappa shape index (κ3) is 18.1. The SMILES string of the molecule is C/C(=C\C(C)C)[N+](=O)[O-].C=C.CC. The molecule has 0 N–H and O–H groups in total. The van der Waals surface area contributed by atoms with Gasteiger partial charge in [0.1, 0.15) is 0 Å². The van der Waals surface area contributed by atoms with E-state index in [9.17, 15) is 10.1 Å². The Hall–Kier alpha value is -1.12. The molecule has 0 fully saturated rings. The van der Waals surface area contributed by atoms with Crippen molar-refractivity contribution in [3.8, 4) is 0 Å². The summed E-state index contributed by atoms with van der Waals surface area (Å²) in [5, 5.41) is 9.97. The van der Waals surface area contributed by atoms with E-state index in [-0.39, 0.29) is 16.5 Å². The Kier molecular flexibility index (Phi) is 18.5. The summed E-state index contributed by atoms with van der Waals surface area (Å²) in [5.41, 5.74) is 0.227. The predicted octanol–water partition coefficient (Wildman–Crippen LogP) is 3.65. The van der Waals surface area contributed by atoms with Gasteiger partial charge in [0.2, 0.25) is 5.70 Å². The fraction of sp³-hybridized carbons (Fsp3) is 0.600. The quantitative estimate of drug-likeness (QED) is 0.376. The zero-order chi connectivity index (χ0) is 11.4. The molecule has 0 saturated carbocycles. The van der Waals surface area contributed by atoms with Crippen molar-refractivity contribution in [1.82, 2.24) is 0 Å². The molecule has 0 aromatic heterocycles. The van der Waals surface area contributed by atoms with Gasteiger partial charge in [-0.15, -0.1) is 13.2 Å². The van der Waals surface area contributed by atoms with Gasteiger partial charge in [-0.2, -0.15) is 0 Å². The average molecular weight is 187 g/mol. The summed E-state index contributed by atoms with van der Waals surface area (Å²) < 4.78 is 0. The van der Waals surface area contributed by atoms with Crippen molar-refractivity contribution < 1.29 is 4.92 Å². The highest BCUT2D eigenvalue weighted by atomic mass is 16.6. The van der Waals surface area contributed by atoms with Crippen LogP contribution in [0, 0.1) is 16.0 Å². The van der Waals surface area contributed by atoms with E-state index < -0.39 is 0 Å². The molecule has 0 saturated heterocycles. The molecule has 0 aliphatic carbocycles. The van der Waals surface area contributed by atoms with Gasteiger partial charge in [0.15, 0.2) is 0 Å². The fourth-order valence-corrected chi connectivity index (χ4v) is 0.543. The lowest BCUT2D eigenvalue weighted by Gasteiger charge is -1.92. The third-order valence-corrected chi connectivity index (χ3v) is 0.863. The van der Waals surface area contributed by atoms with E-state index in [0.29, 0.717) is 0 Å². The first-order chi connectivity index (χ1) is 6.04. The molecule has 78 valence electrons. The van der Waals surface area contributed by atoms with Gasteiger partial charge in [-0.1, -0.05) is 27.7 Å². The summed E-state index contributed by atoms with van der Waals surface area (Å²) in [6, 6.07) is 0. The molecule has 0 aliphatic heterocycles. The second kappa shape index (κ2) is 13.5. The van der Waals surface area contributed by atoms with Crippen LogP contribution in [0.5, 0.6) is 0 Å². The van der Waals surface area contributed by atoms with Crippen molar-refractivity contribution in [3.63, 3.8) is 0 Å². The normalized spacial score (nSPS) is 9.23. The Morgan fingerprint density at radius 3 is 1.77 bits per heavy atom. The van der Waals surface area contributed by atoms with Crippen LogP contribution in [0.3, 0.4) is 0 Å². The second-order valence-corrected chi connectivity index (χ2v) is 2.31. The van der Waals surface area contributed by atoms with E-state index >= 15 is 0 Å². The Balaban J connectivity index is -0.000000218. The van der Waals surface area contributed by atoms with Crippen LogP contribution in [-0.4, -0.2) is 4.92 Å². The standard InChI is InChI=1S/C6H11NO2.C2H6.C2H4/c1-5(2)4-6(3)7(8)9;2*1-2/h4-5H,1-3H3;1-2H3;1-2H2/b6-4+;;. The molecule has 0 aliphatic rings. The minimum absolute atomic E-state index is 0.227. The zero-order valence-electron chi connectivity index (χ0n) is 9.33. The zero-order valence-corrected chi connectivity index (χ0v) is 9.33. The van der Waals surface area contributed by atoms with Gasteiger partial charge < -0.3 is 0 Å². The van der Waals surface area contributed by atoms with Crippen molar-refractivity contribution in [2.24, 2.45) is 5.92 Å². The summed E-state index contributed by atoms with van der Waals surface area (Å²) in [6.45, 7) is 15.3. The van der Waals surface area contributed by atoms with Crippen LogP contribution in [0.25, 0.3) is 0 Å². The van der Waals surface area contributed by atoms with Crippen molar-refractivity contribution in [2.75, 3.05) is 0 Å². The highest BCUT2D eigenvalue weighted by Crippen LogP contribution is 2.00. The van der Waals surface area contributed by atoms with Gasteiger partial charge >= 0.3 is 0 Å². The van der Waals surface area contributed by atoms with Crippen molar-refractivity contribution in [1.29, 1.82) is 0 Å². The summed E-state index contributed by atoms with van der Waals surface area (Å²) in [7, 11) is 0. The molecule has 3 heteroatoms. The maximum atomic E-state index is 9.97. The molecule has 0 aromatic carbocycles. The summed E-state index contributed by atoms with van der Waals surface area (Å²) >= 11 is 0. The number of hydrogen-bond donors (Lipinski definition) is 0. The Morgan fingerprint density at radius 1 is 1.38 bits per heavy atom. The van der Waals surface area contributed by atoms with Crippen LogP contribution in [0.1, 0.15) is 34.6 Å². The summed E-state index contributed by atoms with van der Waals surface area (Å²) in [4.78, 5) is 9.60. The third-order valence-electron chi connectivity index (χ3n) is 0.863. The molecule has 0 amide bonds. The van der Waals surface area contributed by atoms with Crippen LogP contribution in [0.2, 0.25) is 0 Å². The molecule has 13 heavy (non-hydrogen) atoms. The number of nitrogens with zero attached hydrogens (tertiary/aromatic N) is 1. The van der Waals surface area contributed by atoms with Gasteiger partial charge in [0, 0.05) is 6.92 Å². The molecule has 0 bridgehead atoms. The lowest BCUT2D eigenvalue weighted by Crippen LogP contribution is -1.95. The van der Waals surface area contributed by atoms with Crippen molar-refractivity contribution >= 4 is 0 Å². The maximum absolute atomic E-state index is 9.97. The molecular weight excluding hydrogens is 166 g/mol. The molecule has 0 rings (SSSR count). The molecule has 0 spiro atoms. The van der Waals surface area contributed by atoms with E-state index in [2.05, 4.69) is 13.2 Å². The van der Waals surface area contributed by atoms with Crippen LogP contribution in [0.4, 0.5) is 0 Å². The smallest absolute Gasteiger partial charge is 0.239 e. The van der Waals surface area contributed by atoms with Crippen LogP contribution in [-0.2, 0) is 0 Å². The lowest BCUT2D eigenvalue weighted by molar-refractivity contribution is -0.424. The van der Waals surface area contributed by atoms with E-state index in [0.717, 1.165) is 0 Å².